The van der Waals surface area contributed by atoms with Crippen LogP contribution in [0.2, 0.25) is 0 Å². The van der Waals surface area contributed by atoms with E-state index in [9.17, 15) is 0 Å². The van der Waals surface area contributed by atoms with Crippen molar-refractivity contribution < 1.29 is 4.74 Å². The number of ether oxygens (including phenoxy) is 1. The number of rotatable bonds is 5. The first kappa shape index (κ1) is 19.8. The summed E-state index contributed by atoms with van der Waals surface area (Å²) >= 11 is 0. The summed E-state index contributed by atoms with van der Waals surface area (Å²) in [5.41, 5.74) is 2.34. The number of anilines is 2. The summed E-state index contributed by atoms with van der Waals surface area (Å²) in [7, 11) is 7.56. The van der Waals surface area contributed by atoms with Crippen molar-refractivity contribution in [3.05, 3.63) is 48.2 Å². The van der Waals surface area contributed by atoms with E-state index in [0.717, 1.165) is 55.9 Å². The molecule has 1 saturated heterocycles. The Balaban J connectivity index is 1.57. The number of hydrogen-bond donors (Lipinski definition) is 1. The molecule has 1 aliphatic heterocycles. The van der Waals surface area contributed by atoms with Crippen molar-refractivity contribution in [3.63, 3.8) is 0 Å². The lowest BCUT2D eigenvalue weighted by atomic mass is 10.2. The van der Waals surface area contributed by atoms with Gasteiger partial charge in [-0.1, -0.05) is 12.1 Å². The molecule has 1 fully saturated rings. The topological polar surface area (TPSA) is 56.2 Å². The molecule has 1 aliphatic rings. The molecule has 0 amide bonds. The predicted molar refractivity (Wildman–Crippen MR) is 116 cm³/mol. The highest BCUT2D eigenvalue weighted by Gasteiger charge is 2.21. The summed E-state index contributed by atoms with van der Waals surface area (Å²) in [6.45, 7) is 4.42. The first-order valence-electron chi connectivity index (χ1n) is 9.58. The van der Waals surface area contributed by atoms with Gasteiger partial charge in [-0.3, -0.25) is 4.99 Å². The van der Waals surface area contributed by atoms with Gasteiger partial charge in [0, 0.05) is 60.1 Å². The maximum atomic E-state index is 5.51. The van der Waals surface area contributed by atoms with Crippen molar-refractivity contribution in [2.24, 2.45) is 4.99 Å². The Hall–Kier alpha value is -2.96. The second kappa shape index (κ2) is 9.30. The summed E-state index contributed by atoms with van der Waals surface area (Å²) in [6, 6.07) is 12.3. The maximum absolute atomic E-state index is 5.51. The second-order valence-electron chi connectivity index (χ2n) is 6.96. The van der Waals surface area contributed by atoms with Gasteiger partial charge in [0.15, 0.2) is 5.96 Å². The van der Waals surface area contributed by atoms with E-state index in [1.54, 1.807) is 7.11 Å². The van der Waals surface area contributed by atoms with Crippen molar-refractivity contribution in [2.75, 3.05) is 64.2 Å². The quantitative estimate of drug-likeness (QED) is 0.631. The molecule has 7 heteroatoms. The fraction of sp³-hybridized carbons (Fsp3) is 0.429. The number of benzene rings is 1. The highest BCUT2D eigenvalue weighted by atomic mass is 16.5. The monoisotopic (exact) mass is 382 g/mol. The fourth-order valence-corrected chi connectivity index (χ4v) is 3.38. The number of hydrogen-bond acceptors (Lipinski definition) is 5. The zero-order valence-electron chi connectivity index (χ0n) is 17.2. The summed E-state index contributed by atoms with van der Waals surface area (Å²) < 4.78 is 5.51. The summed E-state index contributed by atoms with van der Waals surface area (Å²) in [6.07, 6.45) is 1.85. The second-order valence-corrected chi connectivity index (χ2v) is 6.96. The van der Waals surface area contributed by atoms with E-state index in [-0.39, 0.29) is 0 Å². The summed E-state index contributed by atoms with van der Waals surface area (Å²) in [5.74, 6) is 2.82. The third-order valence-corrected chi connectivity index (χ3v) is 4.94. The lowest BCUT2D eigenvalue weighted by molar-refractivity contribution is 0.367. The first-order valence-corrected chi connectivity index (χ1v) is 9.58. The Morgan fingerprint density at radius 3 is 2.61 bits per heavy atom. The number of methoxy groups -OCH3 is 1. The van der Waals surface area contributed by atoms with Gasteiger partial charge in [-0.15, -0.1) is 0 Å². The minimum Gasteiger partial charge on any atom is -0.495 e. The van der Waals surface area contributed by atoms with Crippen LogP contribution in [0.1, 0.15) is 5.56 Å². The van der Waals surface area contributed by atoms with Crippen molar-refractivity contribution >= 4 is 17.5 Å². The van der Waals surface area contributed by atoms with Crippen LogP contribution in [0, 0.1) is 0 Å². The van der Waals surface area contributed by atoms with Crippen molar-refractivity contribution in [1.82, 2.24) is 15.2 Å². The molecule has 2 heterocycles. The van der Waals surface area contributed by atoms with Gasteiger partial charge >= 0.3 is 0 Å². The van der Waals surface area contributed by atoms with Crippen LogP contribution in [0.25, 0.3) is 0 Å². The number of para-hydroxylation sites is 2. The van der Waals surface area contributed by atoms with E-state index in [4.69, 9.17) is 4.74 Å². The van der Waals surface area contributed by atoms with Gasteiger partial charge in [0.25, 0.3) is 0 Å². The number of piperazine rings is 1. The molecule has 1 aromatic carbocycles. The molecule has 7 nitrogen and oxygen atoms in total. The van der Waals surface area contributed by atoms with Gasteiger partial charge in [0.05, 0.1) is 12.8 Å². The SMILES string of the molecule is CN=C(NCc1ccnc(N(C)C)c1)N1CCN(c2ccccc2OC)CC1. The number of nitrogens with zero attached hydrogens (tertiary/aromatic N) is 5. The average molecular weight is 383 g/mol. The lowest BCUT2D eigenvalue weighted by Gasteiger charge is -2.38. The standard InChI is InChI=1S/C21H30N6O/c1-22-21(24-16-17-9-10-23-20(15-17)25(2)3)27-13-11-26(12-14-27)18-7-5-6-8-19(18)28-4/h5-10,15H,11-14,16H2,1-4H3,(H,22,24). The molecule has 2 aromatic rings. The smallest absolute Gasteiger partial charge is 0.194 e. The number of aromatic nitrogens is 1. The largest absolute Gasteiger partial charge is 0.495 e. The number of pyridine rings is 1. The molecule has 0 unspecified atom stereocenters. The van der Waals surface area contributed by atoms with Crippen LogP contribution < -0.4 is 19.9 Å². The Labute approximate surface area is 167 Å². The van der Waals surface area contributed by atoms with Crippen molar-refractivity contribution in [2.45, 2.75) is 6.54 Å². The van der Waals surface area contributed by atoms with Gasteiger partial charge in [-0.05, 0) is 29.8 Å². The zero-order valence-corrected chi connectivity index (χ0v) is 17.2. The maximum Gasteiger partial charge on any atom is 0.194 e. The van der Waals surface area contributed by atoms with Crippen LogP contribution in [0.5, 0.6) is 5.75 Å². The molecule has 0 spiro atoms. The zero-order chi connectivity index (χ0) is 19.9. The lowest BCUT2D eigenvalue weighted by Crippen LogP contribution is -2.52. The molecule has 150 valence electrons. The molecule has 1 N–H and O–H groups in total. The molecule has 0 radical (unpaired) electrons. The average Bonchev–Trinajstić information content (AvgIpc) is 2.75. The van der Waals surface area contributed by atoms with Crippen LogP contribution in [0.15, 0.2) is 47.6 Å². The van der Waals surface area contributed by atoms with Crippen LogP contribution in [-0.4, -0.2) is 70.3 Å². The highest BCUT2D eigenvalue weighted by molar-refractivity contribution is 5.80. The normalized spacial score (nSPS) is 14.8. The fourth-order valence-electron chi connectivity index (χ4n) is 3.38. The van der Waals surface area contributed by atoms with E-state index in [1.165, 1.54) is 5.56 Å². The van der Waals surface area contributed by atoms with Crippen LogP contribution >= 0.6 is 0 Å². The van der Waals surface area contributed by atoms with Crippen LogP contribution in [-0.2, 0) is 6.54 Å². The third kappa shape index (κ3) is 4.65. The van der Waals surface area contributed by atoms with E-state index in [0.29, 0.717) is 0 Å². The number of nitrogens with one attached hydrogen (secondary N) is 1. The van der Waals surface area contributed by atoms with Gasteiger partial charge in [0.1, 0.15) is 11.6 Å². The molecule has 1 aromatic heterocycles. The molecular formula is C21H30N6O. The molecule has 0 aliphatic carbocycles. The Morgan fingerprint density at radius 1 is 1.18 bits per heavy atom. The van der Waals surface area contributed by atoms with Crippen LogP contribution in [0.3, 0.4) is 0 Å². The van der Waals surface area contributed by atoms with Gasteiger partial charge in [-0.25, -0.2) is 4.98 Å². The first-order chi connectivity index (χ1) is 13.6. The predicted octanol–water partition coefficient (Wildman–Crippen LogP) is 2.05. The molecule has 0 atom stereocenters. The highest BCUT2D eigenvalue weighted by Crippen LogP contribution is 2.28. The minimum absolute atomic E-state index is 0.725. The Morgan fingerprint density at radius 2 is 1.93 bits per heavy atom. The minimum atomic E-state index is 0.725. The summed E-state index contributed by atoms with van der Waals surface area (Å²) in [4.78, 5) is 15.5. The third-order valence-electron chi connectivity index (χ3n) is 4.94. The number of aliphatic imine (C=N–C) groups is 1. The van der Waals surface area contributed by atoms with Gasteiger partial charge < -0.3 is 24.8 Å². The van der Waals surface area contributed by atoms with Gasteiger partial charge in [-0.2, -0.15) is 0 Å². The number of guanidine groups is 1. The Bertz CT molecular complexity index is 799. The molecule has 0 bridgehead atoms. The van der Waals surface area contributed by atoms with Gasteiger partial charge in [0.2, 0.25) is 0 Å². The van der Waals surface area contributed by atoms with E-state index in [2.05, 4.69) is 43.3 Å². The van der Waals surface area contributed by atoms with Crippen molar-refractivity contribution in [3.8, 4) is 5.75 Å². The molecule has 0 saturated carbocycles. The summed E-state index contributed by atoms with van der Waals surface area (Å²) in [5, 5.41) is 3.49. The molecule has 28 heavy (non-hydrogen) atoms. The van der Waals surface area contributed by atoms with Crippen molar-refractivity contribution in [1.29, 1.82) is 0 Å². The van der Waals surface area contributed by atoms with E-state index >= 15 is 0 Å². The molecular weight excluding hydrogens is 352 g/mol. The Kier molecular flexibility index (Phi) is 6.57. The van der Waals surface area contributed by atoms with E-state index in [1.807, 2.05) is 50.4 Å². The van der Waals surface area contributed by atoms with E-state index < -0.39 is 0 Å². The molecule has 3 rings (SSSR count). The van der Waals surface area contributed by atoms with Crippen LogP contribution in [0.4, 0.5) is 11.5 Å².